The van der Waals surface area contributed by atoms with Crippen LogP contribution in [0.3, 0.4) is 0 Å². The van der Waals surface area contributed by atoms with Gasteiger partial charge in [-0.1, -0.05) is 18.2 Å². The van der Waals surface area contributed by atoms with Crippen molar-refractivity contribution in [3.05, 3.63) is 47.0 Å². The number of carboxylic acid groups (broad SMARTS) is 1. The van der Waals surface area contributed by atoms with Crippen molar-refractivity contribution in [3.8, 4) is 0 Å². The lowest BCUT2D eigenvalue weighted by atomic mass is 10.1. The van der Waals surface area contributed by atoms with Gasteiger partial charge in [-0.2, -0.15) is 13.2 Å². The molecule has 1 unspecified atom stereocenters. The van der Waals surface area contributed by atoms with E-state index in [4.69, 9.17) is 0 Å². The molecule has 0 bridgehead atoms. The van der Waals surface area contributed by atoms with Gasteiger partial charge in [0.1, 0.15) is 17.7 Å². The van der Waals surface area contributed by atoms with E-state index in [1.54, 1.807) is 22.5 Å². The first kappa shape index (κ1) is 16.4. The Balaban J connectivity index is 1.87. The third kappa shape index (κ3) is 3.12. The molecule has 3 rings (SSSR count). The van der Waals surface area contributed by atoms with Crippen LogP contribution in [0.25, 0.3) is 0 Å². The molecule has 2 aromatic rings. The van der Waals surface area contributed by atoms with Crippen LogP contribution in [0.2, 0.25) is 0 Å². The zero-order valence-corrected chi connectivity index (χ0v) is 12.8. The normalized spacial score (nSPS) is 18.4. The first-order chi connectivity index (χ1) is 11.3. The van der Waals surface area contributed by atoms with Crippen LogP contribution in [0.1, 0.15) is 22.8 Å². The van der Waals surface area contributed by atoms with Crippen molar-refractivity contribution in [3.63, 3.8) is 0 Å². The second kappa shape index (κ2) is 5.90. The zero-order chi connectivity index (χ0) is 17.5. The summed E-state index contributed by atoms with van der Waals surface area (Å²) in [7, 11) is 0. The summed E-state index contributed by atoms with van der Waals surface area (Å²) in [5.74, 6) is 0.202. The number of aromatic nitrogens is 3. The maximum absolute atomic E-state index is 12.8. The minimum atomic E-state index is -4.43. The maximum atomic E-state index is 12.8. The highest BCUT2D eigenvalue weighted by molar-refractivity contribution is 5.73. The summed E-state index contributed by atoms with van der Waals surface area (Å²) in [6.07, 6.45) is -4.43. The van der Waals surface area contributed by atoms with Crippen molar-refractivity contribution >= 4 is 5.97 Å². The summed E-state index contributed by atoms with van der Waals surface area (Å²) in [5.41, 5.74) is -0.344. The maximum Gasteiger partial charge on any atom is 0.416 e. The largest absolute Gasteiger partial charge is 0.480 e. The molecule has 128 valence electrons. The Morgan fingerprint density at radius 1 is 1.38 bits per heavy atom. The summed E-state index contributed by atoms with van der Waals surface area (Å²) in [6, 6.07) is 4.07. The minimum absolute atomic E-state index is 0.0901. The Kier molecular flexibility index (Phi) is 4.04. The summed E-state index contributed by atoms with van der Waals surface area (Å²) in [5, 5.41) is 17.4. The fourth-order valence-corrected chi connectivity index (χ4v) is 2.84. The van der Waals surface area contributed by atoms with Crippen LogP contribution in [0.15, 0.2) is 24.3 Å². The van der Waals surface area contributed by atoms with Gasteiger partial charge in [0, 0.05) is 6.54 Å². The highest BCUT2D eigenvalue weighted by Gasteiger charge is 2.34. The van der Waals surface area contributed by atoms with E-state index in [1.807, 2.05) is 0 Å². The number of benzene rings is 1. The smallest absolute Gasteiger partial charge is 0.416 e. The van der Waals surface area contributed by atoms with Gasteiger partial charge >= 0.3 is 12.1 Å². The predicted molar refractivity (Wildman–Crippen MR) is 76.9 cm³/mol. The molecular weight excluding hydrogens is 325 g/mol. The average Bonchev–Trinajstić information content (AvgIpc) is 2.86. The number of aryl methyl sites for hydroxylation is 1. The first-order valence-corrected chi connectivity index (χ1v) is 7.27. The van der Waals surface area contributed by atoms with Crippen LogP contribution in [0.5, 0.6) is 0 Å². The number of rotatable bonds is 3. The number of carbonyl (C=O) groups is 1. The van der Waals surface area contributed by atoms with Gasteiger partial charge in [-0.15, -0.1) is 10.2 Å². The monoisotopic (exact) mass is 340 g/mol. The van der Waals surface area contributed by atoms with E-state index < -0.39 is 23.8 Å². The molecule has 24 heavy (non-hydrogen) atoms. The third-order valence-corrected chi connectivity index (χ3v) is 4.08. The summed E-state index contributed by atoms with van der Waals surface area (Å²) >= 11 is 0. The van der Waals surface area contributed by atoms with Gasteiger partial charge in [-0.25, -0.2) is 0 Å². The Bertz CT molecular complexity index is 772. The van der Waals surface area contributed by atoms with E-state index in [1.165, 1.54) is 6.07 Å². The van der Waals surface area contributed by atoms with Gasteiger partial charge in [-0.3, -0.25) is 9.69 Å². The molecule has 1 aromatic heterocycles. The Labute approximate surface area is 135 Å². The van der Waals surface area contributed by atoms with Crippen LogP contribution in [-0.2, 0) is 30.6 Å². The zero-order valence-electron chi connectivity index (χ0n) is 12.8. The molecule has 6 nitrogen and oxygen atoms in total. The topological polar surface area (TPSA) is 71.2 Å². The Morgan fingerprint density at radius 2 is 2.12 bits per heavy atom. The number of halogens is 3. The van der Waals surface area contributed by atoms with Crippen molar-refractivity contribution in [1.82, 2.24) is 19.7 Å². The van der Waals surface area contributed by atoms with Crippen molar-refractivity contribution in [1.29, 1.82) is 0 Å². The molecular formula is C15H15F3N4O2. The molecule has 1 atom stereocenters. The van der Waals surface area contributed by atoms with Crippen molar-refractivity contribution in [2.24, 2.45) is 0 Å². The molecule has 0 amide bonds. The molecule has 0 spiro atoms. The standard InChI is InChI=1S/C15H15F3N4O2/c1-9-19-20-13-8-21(12(14(23)24)7-22(9)13)6-10-3-2-4-11(5-10)15(16,17)18/h2-5,12H,6-8H2,1H3,(H,23,24). The lowest BCUT2D eigenvalue weighted by Crippen LogP contribution is -2.47. The summed E-state index contributed by atoms with van der Waals surface area (Å²) < 4.78 is 40.2. The fourth-order valence-electron chi connectivity index (χ4n) is 2.84. The van der Waals surface area contributed by atoms with Crippen LogP contribution in [-0.4, -0.2) is 36.8 Å². The van der Waals surface area contributed by atoms with E-state index in [9.17, 15) is 23.1 Å². The molecule has 1 N–H and O–H groups in total. The van der Waals surface area contributed by atoms with E-state index in [-0.39, 0.29) is 19.6 Å². The lowest BCUT2D eigenvalue weighted by Gasteiger charge is -2.33. The van der Waals surface area contributed by atoms with Gasteiger partial charge in [-0.05, 0) is 18.6 Å². The molecule has 0 saturated carbocycles. The Hall–Kier alpha value is -2.42. The molecule has 0 radical (unpaired) electrons. The van der Waals surface area contributed by atoms with E-state index >= 15 is 0 Å². The minimum Gasteiger partial charge on any atom is -0.480 e. The highest BCUT2D eigenvalue weighted by Crippen LogP contribution is 2.30. The second-order valence-electron chi connectivity index (χ2n) is 5.73. The molecule has 0 fully saturated rings. The summed E-state index contributed by atoms with van der Waals surface area (Å²) in [6.45, 7) is 2.21. The van der Waals surface area contributed by atoms with Gasteiger partial charge in [0.15, 0.2) is 0 Å². The second-order valence-corrected chi connectivity index (χ2v) is 5.73. The molecule has 2 heterocycles. The molecule has 1 aliphatic rings. The molecule has 0 saturated heterocycles. The molecule has 9 heteroatoms. The van der Waals surface area contributed by atoms with E-state index in [2.05, 4.69) is 10.2 Å². The van der Waals surface area contributed by atoms with Crippen LogP contribution in [0, 0.1) is 6.92 Å². The van der Waals surface area contributed by atoms with E-state index in [0.29, 0.717) is 17.2 Å². The van der Waals surface area contributed by atoms with Gasteiger partial charge in [0.2, 0.25) is 0 Å². The molecule has 1 aliphatic heterocycles. The van der Waals surface area contributed by atoms with Gasteiger partial charge in [0.05, 0.1) is 18.7 Å². The average molecular weight is 340 g/mol. The highest BCUT2D eigenvalue weighted by atomic mass is 19.4. The summed E-state index contributed by atoms with van der Waals surface area (Å²) in [4.78, 5) is 13.1. The number of nitrogens with zero attached hydrogens (tertiary/aromatic N) is 4. The number of alkyl halides is 3. The number of carboxylic acids is 1. The third-order valence-electron chi connectivity index (χ3n) is 4.08. The SMILES string of the molecule is Cc1nnc2n1CC(C(=O)O)N(Cc1cccc(C(F)(F)F)c1)C2. The predicted octanol–water partition coefficient (Wildman–Crippen LogP) is 2.07. The van der Waals surface area contributed by atoms with Crippen molar-refractivity contribution in [2.75, 3.05) is 0 Å². The van der Waals surface area contributed by atoms with Crippen molar-refractivity contribution < 1.29 is 23.1 Å². The number of hydrogen-bond acceptors (Lipinski definition) is 4. The number of fused-ring (bicyclic) bond motifs is 1. The lowest BCUT2D eigenvalue weighted by molar-refractivity contribution is -0.145. The molecule has 0 aliphatic carbocycles. The number of hydrogen-bond donors (Lipinski definition) is 1. The van der Waals surface area contributed by atoms with Crippen molar-refractivity contribution in [2.45, 2.75) is 38.8 Å². The fraction of sp³-hybridized carbons (Fsp3) is 0.400. The van der Waals surface area contributed by atoms with E-state index in [0.717, 1.165) is 12.1 Å². The Morgan fingerprint density at radius 3 is 2.79 bits per heavy atom. The van der Waals surface area contributed by atoms with Gasteiger partial charge < -0.3 is 9.67 Å². The van der Waals surface area contributed by atoms with Crippen LogP contribution < -0.4 is 0 Å². The first-order valence-electron chi connectivity index (χ1n) is 7.27. The van der Waals surface area contributed by atoms with Gasteiger partial charge in [0.25, 0.3) is 0 Å². The quantitative estimate of drug-likeness (QED) is 0.926. The molecule has 1 aromatic carbocycles. The number of aliphatic carboxylic acids is 1. The van der Waals surface area contributed by atoms with Crippen LogP contribution in [0.4, 0.5) is 13.2 Å². The van der Waals surface area contributed by atoms with Crippen LogP contribution >= 0.6 is 0 Å².